The summed E-state index contributed by atoms with van der Waals surface area (Å²) in [4.78, 5) is 12.2. The Hall–Kier alpha value is -3.66. The van der Waals surface area contributed by atoms with Crippen LogP contribution in [0.4, 0.5) is 5.69 Å². The first-order valence-corrected chi connectivity index (χ1v) is 9.24. The zero-order valence-corrected chi connectivity index (χ0v) is 15.6. The minimum atomic E-state index is -0.191. The number of nitrogens with zero attached hydrogens (tertiary/aromatic N) is 1. The fourth-order valence-corrected chi connectivity index (χ4v) is 3.34. The molecule has 0 saturated carbocycles. The highest BCUT2D eigenvalue weighted by Gasteiger charge is 2.06. The molecular weight excluding hydrogens is 346 g/mol. The van der Waals surface area contributed by atoms with Crippen molar-refractivity contribution in [1.82, 2.24) is 5.43 Å². The lowest BCUT2D eigenvalue weighted by Gasteiger charge is -2.09. The van der Waals surface area contributed by atoms with E-state index in [1.165, 1.54) is 0 Å². The number of hydrazone groups is 1. The van der Waals surface area contributed by atoms with Gasteiger partial charge in [-0.05, 0) is 46.2 Å². The summed E-state index contributed by atoms with van der Waals surface area (Å²) in [6.45, 7) is 2.17. The van der Waals surface area contributed by atoms with E-state index >= 15 is 0 Å². The van der Waals surface area contributed by atoms with Gasteiger partial charge >= 0.3 is 0 Å². The smallest absolute Gasteiger partial charge is 0.259 e. The van der Waals surface area contributed by atoms with E-state index in [1.54, 1.807) is 6.21 Å². The number of aryl methyl sites for hydroxylation is 1. The van der Waals surface area contributed by atoms with Crippen molar-refractivity contribution in [3.05, 3.63) is 90.0 Å². The van der Waals surface area contributed by atoms with Crippen molar-refractivity contribution >= 4 is 39.4 Å². The highest BCUT2D eigenvalue weighted by Crippen LogP contribution is 2.27. The molecule has 0 radical (unpaired) electrons. The minimum absolute atomic E-state index is 0.165. The number of fused-ring (bicyclic) bond motifs is 2. The van der Waals surface area contributed by atoms with Crippen LogP contribution in [0.25, 0.3) is 21.5 Å². The van der Waals surface area contributed by atoms with Crippen LogP contribution in [0.15, 0.2) is 84.0 Å². The van der Waals surface area contributed by atoms with Crippen LogP contribution < -0.4 is 10.7 Å². The summed E-state index contributed by atoms with van der Waals surface area (Å²) >= 11 is 0. The molecule has 0 aromatic heterocycles. The van der Waals surface area contributed by atoms with Gasteiger partial charge in [0, 0.05) is 11.3 Å². The maximum Gasteiger partial charge on any atom is 0.259 e. The van der Waals surface area contributed by atoms with Crippen LogP contribution in [0.2, 0.25) is 0 Å². The molecule has 2 N–H and O–H groups in total. The molecule has 0 aliphatic rings. The van der Waals surface area contributed by atoms with Gasteiger partial charge in [-0.1, -0.05) is 66.7 Å². The van der Waals surface area contributed by atoms with Crippen LogP contribution >= 0.6 is 0 Å². The largest absolute Gasteiger partial charge is 0.376 e. The normalized spacial score (nSPS) is 11.2. The zero-order chi connectivity index (χ0) is 19.3. The Labute approximate surface area is 163 Å². The molecule has 0 heterocycles. The SMILES string of the molecule is Cc1ccccc1NCC(=O)NN=Cc1c2ccccc2cc2ccccc12. The van der Waals surface area contributed by atoms with Crippen molar-refractivity contribution in [3.63, 3.8) is 0 Å². The van der Waals surface area contributed by atoms with Crippen molar-refractivity contribution in [3.8, 4) is 0 Å². The maximum atomic E-state index is 12.2. The van der Waals surface area contributed by atoms with Gasteiger partial charge in [0.1, 0.15) is 0 Å². The number of anilines is 1. The third kappa shape index (κ3) is 3.71. The predicted octanol–water partition coefficient (Wildman–Crippen LogP) is 4.86. The van der Waals surface area contributed by atoms with E-state index < -0.39 is 0 Å². The number of rotatable bonds is 5. The second-order valence-electron chi connectivity index (χ2n) is 6.69. The number of para-hydroxylation sites is 1. The number of carbonyl (C=O) groups excluding carboxylic acids is 1. The topological polar surface area (TPSA) is 53.5 Å². The van der Waals surface area contributed by atoms with E-state index in [2.05, 4.69) is 46.2 Å². The Morgan fingerprint density at radius 3 is 2.18 bits per heavy atom. The molecule has 0 fully saturated rings. The highest BCUT2D eigenvalue weighted by atomic mass is 16.2. The predicted molar refractivity (Wildman–Crippen MR) is 117 cm³/mol. The second-order valence-corrected chi connectivity index (χ2v) is 6.69. The maximum absolute atomic E-state index is 12.2. The molecule has 0 saturated heterocycles. The Kier molecular flexibility index (Phi) is 5.02. The number of hydrogen-bond acceptors (Lipinski definition) is 3. The van der Waals surface area contributed by atoms with Crippen LogP contribution in [0, 0.1) is 6.92 Å². The Morgan fingerprint density at radius 2 is 1.50 bits per heavy atom. The summed E-state index contributed by atoms with van der Waals surface area (Å²) in [7, 11) is 0. The van der Waals surface area contributed by atoms with Gasteiger partial charge in [0.15, 0.2) is 0 Å². The molecule has 0 atom stereocenters. The quantitative estimate of drug-likeness (QED) is 0.301. The molecule has 4 aromatic carbocycles. The Balaban J connectivity index is 1.53. The number of nitrogens with one attached hydrogen (secondary N) is 2. The van der Waals surface area contributed by atoms with Crippen molar-refractivity contribution < 1.29 is 4.79 Å². The number of benzene rings is 4. The number of carbonyl (C=O) groups is 1. The van der Waals surface area contributed by atoms with Gasteiger partial charge in [0.25, 0.3) is 5.91 Å². The standard InChI is InChI=1S/C24H21N3O/c1-17-8-2-7-13-23(17)25-16-24(28)27-26-15-22-20-11-5-3-9-18(20)14-19-10-4-6-12-21(19)22/h2-15,25H,16H2,1H3,(H,27,28). The van der Waals surface area contributed by atoms with Crippen molar-refractivity contribution in [2.75, 3.05) is 11.9 Å². The van der Waals surface area contributed by atoms with Crippen molar-refractivity contribution in [2.24, 2.45) is 5.10 Å². The second kappa shape index (κ2) is 7.92. The molecule has 1 amide bonds. The third-order valence-corrected chi connectivity index (χ3v) is 4.78. The summed E-state index contributed by atoms with van der Waals surface area (Å²) in [6, 6.07) is 26.4. The minimum Gasteiger partial charge on any atom is -0.376 e. The van der Waals surface area contributed by atoms with Gasteiger partial charge in [-0.25, -0.2) is 5.43 Å². The Bertz CT molecular complexity index is 1130. The molecule has 4 heteroatoms. The van der Waals surface area contributed by atoms with Gasteiger partial charge in [0.2, 0.25) is 0 Å². The van der Waals surface area contributed by atoms with Crippen LogP contribution in [0.5, 0.6) is 0 Å². The molecule has 4 rings (SSSR count). The molecule has 0 unspecified atom stereocenters. The van der Waals surface area contributed by atoms with E-state index in [9.17, 15) is 4.79 Å². The van der Waals surface area contributed by atoms with E-state index in [0.717, 1.165) is 38.4 Å². The lowest BCUT2D eigenvalue weighted by Crippen LogP contribution is -2.26. The van der Waals surface area contributed by atoms with Crippen molar-refractivity contribution in [2.45, 2.75) is 6.92 Å². The summed E-state index contributed by atoms with van der Waals surface area (Å²) in [5.74, 6) is -0.191. The van der Waals surface area contributed by atoms with Crippen LogP contribution in [0.1, 0.15) is 11.1 Å². The van der Waals surface area contributed by atoms with Crippen molar-refractivity contribution in [1.29, 1.82) is 0 Å². The molecule has 0 aliphatic heterocycles. The first-order valence-electron chi connectivity index (χ1n) is 9.24. The fraction of sp³-hybridized carbons (Fsp3) is 0.0833. The van der Waals surface area contributed by atoms with Crippen LogP contribution in [0.3, 0.4) is 0 Å². The monoisotopic (exact) mass is 367 g/mol. The summed E-state index contributed by atoms with van der Waals surface area (Å²) in [6.07, 6.45) is 1.73. The summed E-state index contributed by atoms with van der Waals surface area (Å²) in [5.41, 5.74) is 5.66. The fourth-order valence-electron chi connectivity index (χ4n) is 3.34. The van der Waals surface area contributed by atoms with E-state index in [0.29, 0.717) is 0 Å². The van der Waals surface area contributed by atoms with E-state index in [1.807, 2.05) is 55.5 Å². The first-order chi connectivity index (χ1) is 13.7. The molecule has 138 valence electrons. The summed E-state index contributed by atoms with van der Waals surface area (Å²) in [5, 5.41) is 11.9. The lowest BCUT2D eigenvalue weighted by atomic mass is 9.97. The molecule has 0 bridgehead atoms. The summed E-state index contributed by atoms with van der Waals surface area (Å²) < 4.78 is 0. The van der Waals surface area contributed by atoms with Gasteiger partial charge < -0.3 is 5.32 Å². The van der Waals surface area contributed by atoms with Gasteiger partial charge in [-0.2, -0.15) is 5.10 Å². The lowest BCUT2D eigenvalue weighted by molar-refractivity contribution is -0.119. The van der Waals surface area contributed by atoms with Crippen LogP contribution in [-0.2, 0) is 4.79 Å². The Morgan fingerprint density at radius 1 is 0.893 bits per heavy atom. The van der Waals surface area contributed by atoms with E-state index in [-0.39, 0.29) is 12.5 Å². The molecule has 4 nitrogen and oxygen atoms in total. The van der Waals surface area contributed by atoms with Gasteiger partial charge in [0.05, 0.1) is 12.8 Å². The highest BCUT2D eigenvalue weighted by molar-refractivity contribution is 6.13. The third-order valence-electron chi connectivity index (χ3n) is 4.78. The van der Waals surface area contributed by atoms with Gasteiger partial charge in [-0.15, -0.1) is 0 Å². The average molecular weight is 367 g/mol. The molecule has 0 aliphatic carbocycles. The molecule has 0 spiro atoms. The van der Waals surface area contributed by atoms with Gasteiger partial charge in [-0.3, -0.25) is 4.79 Å². The van der Waals surface area contributed by atoms with Crippen LogP contribution in [-0.4, -0.2) is 18.7 Å². The van der Waals surface area contributed by atoms with E-state index in [4.69, 9.17) is 0 Å². The molecule has 28 heavy (non-hydrogen) atoms. The average Bonchev–Trinajstić information content (AvgIpc) is 2.72. The zero-order valence-electron chi connectivity index (χ0n) is 15.6. The number of amides is 1. The first kappa shape index (κ1) is 17.7. The molecule has 4 aromatic rings. The number of hydrogen-bond donors (Lipinski definition) is 2. The molecular formula is C24H21N3O.